The highest BCUT2D eigenvalue weighted by Gasteiger charge is 2.38. The summed E-state index contributed by atoms with van der Waals surface area (Å²) in [6.07, 6.45) is -1.24. The average molecular weight is 726 g/mol. The lowest BCUT2D eigenvalue weighted by Crippen LogP contribution is -2.54. The SMILES string of the molecule is Cc1ccc(S(=O)(=O)N(CC(=O)N(Cc2ccccc2C)C(Cc2ccccc2)C(=O)NC2CCCC2)c2ccc(Cl)c(C(F)(F)F)c2)cc1. The van der Waals surface area contributed by atoms with E-state index in [4.69, 9.17) is 11.6 Å². The number of nitrogens with one attached hydrogen (secondary N) is 1. The summed E-state index contributed by atoms with van der Waals surface area (Å²) in [6, 6.07) is 23.9. The van der Waals surface area contributed by atoms with Crippen LogP contribution in [0.15, 0.2) is 102 Å². The molecule has 0 saturated heterocycles. The van der Waals surface area contributed by atoms with Gasteiger partial charge in [-0.05, 0) is 73.7 Å². The first-order valence-electron chi connectivity index (χ1n) is 16.4. The summed E-state index contributed by atoms with van der Waals surface area (Å²) in [7, 11) is -4.60. The Morgan fingerprint density at radius 2 is 1.54 bits per heavy atom. The molecule has 1 atom stereocenters. The molecule has 0 bridgehead atoms. The monoisotopic (exact) mass is 725 g/mol. The Morgan fingerprint density at radius 1 is 0.900 bits per heavy atom. The molecular formula is C38H39ClF3N3O4S. The van der Waals surface area contributed by atoms with Crippen LogP contribution in [0.25, 0.3) is 0 Å². The highest BCUT2D eigenvalue weighted by Crippen LogP contribution is 2.38. The van der Waals surface area contributed by atoms with E-state index >= 15 is 0 Å². The Kier molecular flexibility index (Phi) is 11.6. The molecule has 264 valence electrons. The molecule has 1 unspecified atom stereocenters. The van der Waals surface area contributed by atoms with E-state index in [9.17, 15) is 31.2 Å². The Bertz CT molecular complexity index is 1920. The van der Waals surface area contributed by atoms with E-state index in [2.05, 4.69) is 5.32 Å². The van der Waals surface area contributed by atoms with E-state index in [1.54, 1.807) is 25.1 Å². The number of aryl methyl sites for hydroxylation is 2. The minimum atomic E-state index is -4.90. The zero-order valence-electron chi connectivity index (χ0n) is 27.8. The summed E-state index contributed by atoms with van der Waals surface area (Å²) < 4.78 is 71.2. The molecule has 0 spiro atoms. The lowest BCUT2D eigenvalue weighted by Gasteiger charge is -2.34. The van der Waals surface area contributed by atoms with Crippen molar-refractivity contribution in [1.82, 2.24) is 10.2 Å². The second-order valence-corrected chi connectivity index (χ2v) is 14.9. The van der Waals surface area contributed by atoms with Crippen molar-refractivity contribution in [3.8, 4) is 0 Å². The first kappa shape index (κ1) is 36.9. The molecule has 1 fully saturated rings. The molecule has 5 rings (SSSR count). The van der Waals surface area contributed by atoms with Crippen molar-refractivity contribution in [2.75, 3.05) is 10.8 Å². The Hall–Kier alpha value is -4.35. The Labute approximate surface area is 296 Å². The van der Waals surface area contributed by atoms with E-state index in [1.807, 2.05) is 55.5 Å². The number of amides is 2. The zero-order valence-corrected chi connectivity index (χ0v) is 29.4. The number of carbonyl (C=O) groups excluding carboxylic acids is 2. The van der Waals surface area contributed by atoms with Crippen LogP contribution in [0.4, 0.5) is 18.9 Å². The van der Waals surface area contributed by atoms with Gasteiger partial charge in [-0.1, -0.05) is 96.7 Å². The standard InChI is InChI=1S/C38H39ClF3N3O4S/c1-26-16-19-32(20-17-26)50(48,49)45(31-18-21-34(39)33(23-31)38(40,41)42)25-36(46)44(24-29-13-7-6-10-27(29)2)35(22-28-11-4-3-5-12-28)37(47)43-30-14-8-9-15-30/h3-7,10-13,16-21,23,30,35H,8-9,14-15,22,24-25H2,1-2H3,(H,43,47). The molecule has 4 aromatic rings. The van der Waals surface area contributed by atoms with Gasteiger partial charge in [-0.2, -0.15) is 13.2 Å². The Balaban J connectivity index is 1.62. The fraction of sp³-hybridized carbons (Fsp3) is 0.316. The van der Waals surface area contributed by atoms with E-state index in [1.165, 1.54) is 17.0 Å². The molecule has 2 amide bonds. The van der Waals surface area contributed by atoms with Gasteiger partial charge in [0.1, 0.15) is 12.6 Å². The van der Waals surface area contributed by atoms with Crippen LogP contribution >= 0.6 is 11.6 Å². The van der Waals surface area contributed by atoms with E-state index < -0.39 is 51.0 Å². The van der Waals surface area contributed by atoms with Gasteiger partial charge in [0.05, 0.1) is 21.2 Å². The summed E-state index contributed by atoms with van der Waals surface area (Å²) in [5, 5.41) is 2.49. The van der Waals surface area contributed by atoms with Crippen molar-refractivity contribution < 1.29 is 31.2 Å². The number of sulfonamides is 1. The molecule has 1 saturated carbocycles. The average Bonchev–Trinajstić information content (AvgIpc) is 3.59. The van der Waals surface area contributed by atoms with Crippen LogP contribution in [0.3, 0.4) is 0 Å². The number of nitrogens with zero attached hydrogens (tertiary/aromatic N) is 2. The molecule has 7 nitrogen and oxygen atoms in total. The fourth-order valence-electron chi connectivity index (χ4n) is 6.14. The van der Waals surface area contributed by atoms with Crippen LogP contribution in [-0.4, -0.2) is 43.8 Å². The number of halogens is 4. The van der Waals surface area contributed by atoms with Crippen molar-refractivity contribution in [3.05, 3.63) is 130 Å². The molecule has 0 aliphatic heterocycles. The van der Waals surface area contributed by atoms with Gasteiger partial charge in [0.25, 0.3) is 10.0 Å². The molecule has 4 aromatic carbocycles. The van der Waals surface area contributed by atoms with Crippen molar-refractivity contribution in [1.29, 1.82) is 0 Å². The molecular weight excluding hydrogens is 687 g/mol. The molecule has 1 aliphatic rings. The maximum absolute atomic E-state index is 14.7. The Morgan fingerprint density at radius 3 is 2.18 bits per heavy atom. The number of alkyl halides is 3. The minimum absolute atomic E-state index is 0.0477. The van der Waals surface area contributed by atoms with Crippen molar-refractivity contribution in [2.24, 2.45) is 0 Å². The number of benzene rings is 4. The maximum atomic E-state index is 14.7. The van der Waals surface area contributed by atoms with Crippen molar-refractivity contribution in [3.63, 3.8) is 0 Å². The fourth-order valence-corrected chi connectivity index (χ4v) is 7.78. The summed E-state index contributed by atoms with van der Waals surface area (Å²) in [6.45, 7) is 2.69. The molecule has 12 heteroatoms. The smallest absolute Gasteiger partial charge is 0.352 e. The molecule has 1 aliphatic carbocycles. The first-order chi connectivity index (χ1) is 23.7. The zero-order chi connectivity index (χ0) is 36.1. The van der Waals surface area contributed by atoms with Gasteiger partial charge in [0.15, 0.2) is 0 Å². The maximum Gasteiger partial charge on any atom is 0.417 e. The van der Waals surface area contributed by atoms with E-state index in [-0.39, 0.29) is 29.8 Å². The van der Waals surface area contributed by atoms with Crippen LogP contribution in [0.1, 0.15) is 53.5 Å². The topological polar surface area (TPSA) is 86.8 Å². The van der Waals surface area contributed by atoms with Crippen molar-refractivity contribution in [2.45, 2.75) is 75.7 Å². The molecule has 50 heavy (non-hydrogen) atoms. The van der Waals surface area contributed by atoms with Crippen LogP contribution < -0.4 is 9.62 Å². The quantitative estimate of drug-likeness (QED) is 0.161. The first-order valence-corrected chi connectivity index (χ1v) is 18.2. The molecule has 0 aromatic heterocycles. The summed E-state index contributed by atoms with van der Waals surface area (Å²) in [5.41, 5.74) is 1.46. The summed E-state index contributed by atoms with van der Waals surface area (Å²) >= 11 is 5.91. The second-order valence-electron chi connectivity index (χ2n) is 12.6. The third-order valence-electron chi connectivity index (χ3n) is 9.01. The predicted octanol–water partition coefficient (Wildman–Crippen LogP) is 7.87. The second kappa shape index (κ2) is 15.7. The third kappa shape index (κ3) is 8.86. The highest BCUT2D eigenvalue weighted by atomic mass is 35.5. The van der Waals surface area contributed by atoms with Crippen LogP contribution in [0, 0.1) is 13.8 Å². The predicted molar refractivity (Wildman–Crippen MR) is 188 cm³/mol. The van der Waals surface area contributed by atoms with Gasteiger partial charge < -0.3 is 10.2 Å². The van der Waals surface area contributed by atoms with Gasteiger partial charge in [-0.25, -0.2) is 8.42 Å². The highest BCUT2D eigenvalue weighted by molar-refractivity contribution is 7.92. The largest absolute Gasteiger partial charge is 0.417 e. The number of hydrogen-bond donors (Lipinski definition) is 1. The number of carbonyl (C=O) groups is 2. The van der Waals surface area contributed by atoms with Gasteiger partial charge in [-0.15, -0.1) is 0 Å². The number of rotatable bonds is 12. The number of anilines is 1. The molecule has 0 heterocycles. The summed E-state index contributed by atoms with van der Waals surface area (Å²) in [4.78, 5) is 30.0. The minimum Gasteiger partial charge on any atom is -0.352 e. The van der Waals surface area contributed by atoms with Gasteiger partial charge >= 0.3 is 6.18 Å². The van der Waals surface area contributed by atoms with E-state index in [0.717, 1.165) is 60.1 Å². The summed E-state index contributed by atoms with van der Waals surface area (Å²) in [5.74, 6) is -1.16. The molecule has 1 N–H and O–H groups in total. The van der Waals surface area contributed by atoms with Crippen LogP contribution in [0.5, 0.6) is 0 Å². The van der Waals surface area contributed by atoms with Crippen LogP contribution in [0.2, 0.25) is 5.02 Å². The normalized spacial score (nSPS) is 14.3. The van der Waals surface area contributed by atoms with Gasteiger partial charge in [0, 0.05) is 19.0 Å². The number of hydrogen-bond acceptors (Lipinski definition) is 4. The lowest BCUT2D eigenvalue weighted by atomic mass is 10.0. The van der Waals surface area contributed by atoms with Gasteiger partial charge in [-0.3, -0.25) is 13.9 Å². The third-order valence-corrected chi connectivity index (χ3v) is 11.1. The van der Waals surface area contributed by atoms with E-state index in [0.29, 0.717) is 10.4 Å². The van der Waals surface area contributed by atoms with Crippen molar-refractivity contribution >= 4 is 39.1 Å². The lowest BCUT2D eigenvalue weighted by molar-refractivity contribution is -0.140. The van der Waals surface area contributed by atoms with Gasteiger partial charge in [0.2, 0.25) is 11.8 Å². The van der Waals surface area contributed by atoms with Crippen LogP contribution in [-0.2, 0) is 38.8 Å². The molecule has 0 radical (unpaired) electrons.